The predicted octanol–water partition coefficient (Wildman–Crippen LogP) is 2.86. The molecule has 186 valence electrons. The van der Waals surface area contributed by atoms with Crippen LogP contribution >= 0.6 is 0 Å². The van der Waals surface area contributed by atoms with Gasteiger partial charge in [-0.25, -0.2) is 0 Å². The highest BCUT2D eigenvalue weighted by molar-refractivity contribution is 5.99. The zero-order valence-corrected chi connectivity index (χ0v) is 20.1. The highest BCUT2D eigenvalue weighted by Crippen LogP contribution is 2.74. The molecular weight excluding hydrogens is 436 g/mol. The van der Waals surface area contributed by atoms with Crippen molar-refractivity contribution in [2.45, 2.75) is 71.6 Å². The van der Waals surface area contributed by atoms with Gasteiger partial charge in [-0.05, 0) is 68.6 Å². The molecule has 5 fully saturated rings. The quantitative estimate of drug-likeness (QED) is 0.556. The second-order valence-corrected chi connectivity index (χ2v) is 11.9. The Bertz CT molecular complexity index is 955. The monoisotopic (exact) mass is 472 g/mol. The molecule has 0 aromatic rings. The number of hydrogen-bond donors (Lipinski definition) is 2. The lowest BCUT2D eigenvalue weighted by atomic mass is 9.57. The van der Waals surface area contributed by atoms with E-state index in [4.69, 9.17) is 0 Å². The summed E-state index contributed by atoms with van der Waals surface area (Å²) in [4.78, 5) is 65.1. The first-order valence-corrected chi connectivity index (χ1v) is 13.1. The lowest BCUT2D eigenvalue weighted by Gasteiger charge is -2.44. The normalized spacial score (nSPS) is 46.1. The van der Waals surface area contributed by atoms with Crippen LogP contribution in [0.2, 0.25) is 0 Å². The molecule has 0 amide bonds. The molecule has 5 aliphatic rings. The van der Waals surface area contributed by atoms with Gasteiger partial charge in [0.05, 0.1) is 5.92 Å². The van der Waals surface area contributed by atoms with Gasteiger partial charge in [-0.2, -0.15) is 0 Å². The van der Waals surface area contributed by atoms with Crippen LogP contribution in [-0.4, -0.2) is 45.9 Å². The second-order valence-electron chi connectivity index (χ2n) is 11.9. The fraction of sp³-hybridized carbons (Fsp3) is 0.815. The summed E-state index contributed by atoms with van der Waals surface area (Å²) in [6.45, 7) is 3.09. The van der Waals surface area contributed by atoms with E-state index in [0.717, 1.165) is 0 Å². The van der Waals surface area contributed by atoms with Crippen molar-refractivity contribution in [3.05, 3.63) is 0 Å². The van der Waals surface area contributed by atoms with Crippen LogP contribution in [0.5, 0.6) is 0 Å². The van der Waals surface area contributed by atoms with Gasteiger partial charge in [0.25, 0.3) is 0 Å². The average Bonchev–Trinajstić information content (AvgIpc) is 3.60. The fourth-order valence-corrected chi connectivity index (χ4v) is 9.82. The first kappa shape index (κ1) is 23.8. The van der Waals surface area contributed by atoms with Gasteiger partial charge in [0, 0.05) is 41.4 Å². The number of carbonyl (C=O) groups is 5. The van der Waals surface area contributed by atoms with E-state index in [0.29, 0.717) is 57.8 Å². The van der Waals surface area contributed by atoms with Crippen LogP contribution in [0.25, 0.3) is 0 Å². The average molecular weight is 473 g/mol. The number of fused-ring (bicyclic) bond motifs is 6. The van der Waals surface area contributed by atoms with Crippen molar-refractivity contribution in [2.24, 2.45) is 58.2 Å². The topological polar surface area (TPSA) is 126 Å². The summed E-state index contributed by atoms with van der Waals surface area (Å²) in [5, 5.41) is 19.8. The molecule has 34 heavy (non-hydrogen) atoms. The summed E-state index contributed by atoms with van der Waals surface area (Å²) in [5.74, 6) is -4.12. The standard InChI is InChI=1S/C27H36O7/c1-3-5-18(30)21-14-9-16(23(21)24(32)33)27(11-14)7-6-26(25(27)34)10-13-8-15(26)22(19(31)12-28)20(13)17(29)4-2/h13-16,20-23,28H,3-12H2,1-2H3,(H,32,33)/t13?,14?,15-,16-,20+,21+,22-,23+,26?,27-/m1/s1. The van der Waals surface area contributed by atoms with Crippen LogP contribution in [0, 0.1) is 58.2 Å². The molecule has 0 heterocycles. The van der Waals surface area contributed by atoms with Gasteiger partial charge in [0.1, 0.15) is 24.0 Å². The number of carboxylic acid groups (broad SMARTS) is 1. The predicted molar refractivity (Wildman–Crippen MR) is 120 cm³/mol. The number of aliphatic hydroxyl groups is 1. The number of rotatable bonds is 8. The van der Waals surface area contributed by atoms with Crippen molar-refractivity contribution in [1.29, 1.82) is 0 Å². The highest BCUT2D eigenvalue weighted by Gasteiger charge is 2.75. The molecule has 0 aromatic carbocycles. The number of aliphatic carboxylic acids is 1. The molecule has 4 bridgehead atoms. The van der Waals surface area contributed by atoms with Gasteiger partial charge in [0.15, 0.2) is 5.78 Å². The van der Waals surface area contributed by atoms with E-state index < -0.39 is 47.1 Å². The third-order valence-corrected chi connectivity index (χ3v) is 10.8. The Morgan fingerprint density at radius 3 is 1.82 bits per heavy atom. The van der Waals surface area contributed by atoms with E-state index in [9.17, 15) is 34.2 Å². The number of ketones is 4. The zero-order valence-electron chi connectivity index (χ0n) is 20.1. The minimum Gasteiger partial charge on any atom is -0.481 e. The molecule has 7 heteroatoms. The summed E-state index contributed by atoms with van der Waals surface area (Å²) < 4.78 is 0. The fourth-order valence-electron chi connectivity index (χ4n) is 9.82. The zero-order chi connectivity index (χ0) is 24.6. The SMILES string of the molecule is CCCC(=O)[C@@H]1C2C[C@H]([C@@H]1C(=O)O)[C@@]1(CCC3(CC4C[C@@H]3[C@H](C(=O)CO)[C@@H]4C(=O)CC)C1=O)C2. The lowest BCUT2D eigenvalue weighted by molar-refractivity contribution is -0.156. The summed E-state index contributed by atoms with van der Waals surface area (Å²) in [5.41, 5.74) is -1.42. The molecule has 2 spiro atoms. The third-order valence-electron chi connectivity index (χ3n) is 10.8. The van der Waals surface area contributed by atoms with Crippen LogP contribution in [0.1, 0.15) is 71.6 Å². The number of Topliss-reactive ketones (excluding diaryl/α,β-unsaturated/α-hetero) is 4. The minimum absolute atomic E-state index is 0.0202. The van der Waals surface area contributed by atoms with Crippen molar-refractivity contribution in [3.63, 3.8) is 0 Å². The smallest absolute Gasteiger partial charge is 0.307 e. The van der Waals surface area contributed by atoms with Gasteiger partial charge < -0.3 is 10.2 Å². The van der Waals surface area contributed by atoms with E-state index in [1.807, 2.05) is 6.92 Å². The maximum absolute atomic E-state index is 14.4. The molecule has 5 aliphatic carbocycles. The van der Waals surface area contributed by atoms with E-state index in [1.165, 1.54) is 0 Å². The Kier molecular flexibility index (Phi) is 5.66. The Balaban J connectivity index is 1.47. The number of carboxylic acids is 1. The molecule has 3 unspecified atom stereocenters. The van der Waals surface area contributed by atoms with Gasteiger partial charge in [0.2, 0.25) is 0 Å². The maximum atomic E-state index is 14.4. The van der Waals surface area contributed by atoms with Gasteiger partial charge in [-0.15, -0.1) is 0 Å². The molecule has 0 aliphatic heterocycles. The molecule has 0 aromatic heterocycles. The lowest BCUT2D eigenvalue weighted by Crippen LogP contribution is -2.51. The Morgan fingerprint density at radius 1 is 0.824 bits per heavy atom. The molecular formula is C27H36O7. The van der Waals surface area contributed by atoms with Gasteiger partial charge >= 0.3 is 5.97 Å². The van der Waals surface area contributed by atoms with Crippen LogP contribution in [-0.2, 0) is 24.0 Å². The van der Waals surface area contributed by atoms with E-state index >= 15 is 0 Å². The summed E-state index contributed by atoms with van der Waals surface area (Å²) in [6.07, 6.45) is 5.08. The Morgan fingerprint density at radius 2 is 1.35 bits per heavy atom. The van der Waals surface area contributed by atoms with E-state index in [-0.39, 0.29) is 46.8 Å². The van der Waals surface area contributed by atoms with Crippen molar-refractivity contribution < 1.29 is 34.2 Å². The molecule has 5 rings (SSSR count). The first-order valence-electron chi connectivity index (χ1n) is 13.1. The summed E-state index contributed by atoms with van der Waals surface area (Å²) >= 11 is 0. The van der Waals surface area contributed by atoms with Crippen LogP contribution < -0.4 is 0 Å². The molecule has 0 radical (unpaired) electrons. The number of hydrogen-bond acceptors (Lipinski definition) is 6. The summed E-state index contributed by atoms with van der Waals surface area (Å²) in [6, 6.07) is 0. The minimum atomic E-state index is -0.968. The van der Waals surface area contributed by atoms with E-state index in [2.05, 4.69) is 0 Å². The first-order chi connectivity index (χ1) is 16.2. The molecule has 2 N–H and O–H groups in total. The third kappa shape index (κ3) is 2.88. The number of carbonyl (C=O) groups excluding carboxylic acids is 4. The van der Waals surface area contributed by atoms with E-state index in [1.54, 1.807) is 6.92 Å². The van der Waals surface area contributed by atoms with Crippen molar-refractivity contribution in [1.82, 2.24) is 0 Å². The Labute approximate surface area is 200 Å². The Hall–Kier alpha value is -1.89. The van der Waals surface area contributed by atoms with Crippen molar-refractivity contribution >= 4 is 29.1 Å². The molecule has 5 saturated carbocycles. The largest absolute Gasteiger partial charge is 0.481 e. The second kappa shape index (κ2) is 8.07. The highest BCUT2D eigenvalue weighted by atomic mass is 16.4. The molecule has 7 nitrogen and oxygen atoms in total. The van der Waals surface area contributed by atoms with Crippen molar-refractivity contribution in [2.75, 3.05) is 6.61 Å². The maximum Gasteiger partial charge on any atom is 0.307 e. The van der Waals surface area contributed by atoms with Gasteiger partial charge in [-0.3, -0.25) is 24.0 Å². The van der Waals surface area contributed by atoms with Crippen LogP contribution in [0.15, 0.2) is 0 Å². The number of aliphatic hydroxyl groups excluding tert-OH is 1. The van der Waals surface area contributed by atoms with Crippen molar-refractivity contribution in [3.8, 4) is 0 Å². The molecule has 0 saturated heterocycles. The summed E-state index contributed by atoms with van der Waals surface area (Å²) in [7, 11) is 0. The van der Waals surface area contributed by atoms with Crippen LogP contribution in [0.4, 0.5) is 0 Å². The van der Waals surface area contributed by atoms with Crippen LogP contribution in [0.3, 0.4) is 0 Å². The van der Waals surface area contributed by atoms with Gasteiger partial charge in [-0.1, -0.05) is 13.8 Å². The molecule has 10 atom stereocenters.